The Hall–Kier alpha value is -1.88. The van der Waals surface area contributed by atoms with E-state index in [1.54, 1.807) is 0 Å². The summed E-state index contributed by atoms with van der Waals surface area (Å²) in [6.45, 7) is 5.82. The van der Waals surface area contributed by atoms with Crippen LogP contribution in [0.15, 0.2) is 48.8 Å². The Balaban J connectivity index is 1.49. The van der Waals surface area contributed by atoms with Crippen molar-refractivity contribution in [3.8, 4) is 0 Å². The summed E-state index contributed by atoms with van der Waals surface area (Å²) >= 11 is 5.91. The molecule has 0 aliphatic carbocycles. The number of aryl methyl sites for hydroxylation is 1. The van der Waals surface area contributed by atoms with Gasteiger partial charge in [-0.3, -0.25) is 4.90 Å². The van der Waals surface area contributed by atoms with E-state index in [2.05, 4.69) is 44.9 Å². The van der Waals surface area contributed by atoms with Gasteiger partial charge in [0.15, 0.2) is 0 Å². The molecule has 1 aromatic carbocycles. The Morgan fingerprint density at radius 1 is 1.08 bits per heavy atom. The molecule has 5 heteroatoms. The van der Waals surface area contributed by atoms with E-state index in [0.717, 1.165) is 51.4 Å². The zero-order valence-electron chi connectivity index (χ0n) is 14.9. The minimum Gasteiger partial charge on any atom is -0.379 e. The number of fused-ring (bicyclic) bond motifs is 1. The monoisotopic (exact) mass is 369 g/mol. The van der Waals surface area contributed by atoms with Crippen LogP contribution in [-0.2, 0) is 17.7 Å². The van der Waals surface area contributed by atoms with Gasteiger partial charge in [-0.05, 0) is 42.6 Å². The summed E-state index contributed by atoms with van der Waals surface area (Å²) in [5, 5.41) is 1.89. The number of ether oxygens (including phenoxy) is 1. The van der Waals surface area contributed by atoms with E-state index in [4.69, 9.17) is 16.3 Å². The zero-order valence-corrected chi connectivity index (χ0v) is 15.7. The molecule has 1 aliphatic heterocycles. The predicted molar refractivity (Wildman–Crippen MR) is 106 cm³/mol. The van der Waals surface area contributed by atoms with Crippen LogP contribution in [0.25, 0.3) is 10.9 Å². The largest absolute Gasteiger partial charge is 0.379 e. The van der Waals surface area contributed by atoms with E-state index in [1.165, 1.54) is 22.9 Å². The van der Waals surface area contributed by atoms with Gasteiger partial charge in [0.25, 0.3) is 0 Å². The molecule has 0 spiro atoms. The number of halogens is 1. The smallest absolute Gasteiger partial charge is 0.129 e. The Morgan fingerprint density at radius 2 is 1.92 bits per heavy atom. The molecule has 1 fully saturated rings. The van der Waals surface area contributed by atoms with Gasteiger partial charge in [0.1, 0.15) is 5.15 Å². The van der Waals surface area contributed by atoms with Crippen molar-refractivity contribution in [1.82, 2.24) is 14.5 Å². The summed E-state index contributed by atoms with van der Waals surface area (Å²) < 4.78 is 7.75. The summed E-state index contributed by atoms with van der Waals surface area (Å²) in [6.07, 6.45) is 6.44. The van der Waals surface area contributed by atoms with Crippen LogP contribution in [0.5, 0.6) is 0 Å². The van der Waals surface area contributed by atoms with E-state index >= 15 is 0 Å². The Bertz CT molecular complexity index is 853. The molecule has 2 aromatic heterocycles. The van der Waals surface area contributed by atoms with Crippen molar-refractivity contribution >= 4 is 22.5 Å². The summed E-state index contributed by atoms with van der Waals surface area (Å²) in [7, 11) is 0. The van der Waals surface area contributed by atoms with Gasteiger partial charge >= 0.3 is 0 Å². The first-order chi connectivity index (χ1) is 12.8. The fraction of sp³-hybridized carbons (Fsp3) is 0.381. The number of rotatable bonds is 6. The Kier molecular flexibility index (Phi) is 5.54. The lowest BCUT2D eigenvalue weighted by Gasteiger charge is -2.26. The highest BCUT2D eigenvalue weighted by atomic mass is 35.5. The zero-order chi connectivity index (χ0) is 17.8. The van der Waals surface area contributed by atoms with Gasteiger partial charge in [0, 0.05) is 42.9 Å². The van der Waals surface area contributed by atoms with Gasteiger partial charge in [-0.25, -0.2) is 4.98 Å². The predicted octanol–water partition coefficient (Wildman–Crippen LogP) is 4.00. The fourth-order valence-electron chi connectivity index (χ4n) is 3.67. The molecule has 0 saturated carbocycles. The molecular weight excluding hydrogens is 346 g/mol. The summed E-state index contributed by atoms with van der Waals surface area (Å²) in [5.41, 5.74) is 3.87. The maximum absolute atomic E-state index is 5.91. The van der Waals surface area contributed by atoms with Crippen LogP contribution >= 0.6 is 11.6 Å². The number of aromatic nitrogens is 2. The molecule has 1 aliphatic rings. The number of benzene rings is 1. The quantitative estimate of drug-likeness (QED) is 0.615. The normalized spacial score (nSPS) is 15.6. The van der Waals surface area contributed by atoms with Gasteiger partial charge in [-0.15, -0.1) is 0 Å². The van der Waals surface area contributed by atoms with Crippen molar-refractivity contribution in [3.05, 3.63) is 65.1 Å². The maximum atomic E-state index is 5.91. The topological polar surface area (TPSA) is 30.3 Å². The molecule has 0 bridgehead atoms. The van der Waals surface area contributed by atoms with Gasteiger partial charge in [0.2, 0.25) is 0 Å². The summed E-state index contributed by atoms with van der Waals surface area (Å²) in [5.74, 6) is 0. The van der Waals surface area contributed by atoms with Crippen molar-refractivity contribution < 1.29 is 4.74 Å². The van der Waals surface area contributed by atoms with Crippen LogP contribution in [0, 0.1) is 0 Å². The first-order valence-corrected chi connectivity index (χ1v) is 9.65. The maximum Gasteiger partial charge on any atom is 0.129 e. The van der Waals surface area contributed by atoms with Crippen LogP contribution < -0.4 is 0 Å². The van der Waals surface area contributed by atoms with Crippen molar-refractivity contribution in [3.63, 3.8) is 0 Å². The van der Waals surface area contributed by atoms with Gasteiger partial charge in [0.05, 0.1) is 13.2 Å². The van der Waals surface area contributed by atoms with E-state index in [-0.39, 0.29) is 0 Å². The number of morpholine rings is 1. The van der Waals surface area contributed by atoms with Crippen LogP contribution in [0.4, 0.5) is 0 Å². The minimum atomic E-state index is 0.537. The fourth-order valence-corrected chi connectivity index (χ4v) is 3.78. The van der Waals surface area contributed by atoms with Crippen molar-refractivity contribution in [2.45, 2.75) is 19.4 Å². The SMILES string of the molecule is Clc1ccc(Cn2cc(CCCN3CCOCC3)c3ccccc32)cn1. The third kappa shape index (κ3) is 4.09. The highest BCUT2D eigenvalue weighted by Crippen LogP contribution is 2.24. The second kappa shape index (κ2) is 8.21. The molecule has 136 valence electrons. The van der Waals surface area contributed by atoms with Crippen molar-refractivity contribution in [2.24, 2.45) is 0 Å². The molecule has 0 unspecified atom stereocenters. The molecule has 4 rings (SSSR count). The molecular formula is C21H24ClN3O. The van der Waals surface area contributed by atoms with E-state index in [9.17, 15) is 0 Å². The highest BCUT2D eigenvalue weighted by Gasteiger charge is 2.12. The molecule has 0 N–H and O–H groups in total. The van der Waals surface area contributed by atoms with Gasteiger partial charge < -0.3 is 9.30 Å². The Morgan fingerprint density at radius 3 is 2.73 bits per heavy atom. The second-order valence-electron chi connectivity index (χ2n) is 6.85. The van der Waals surface area contributed by atoms with E-state index in [1.807, 2.05) is 18.3 Å². The number of para-hydroxylation sites is 1. The molecule has 3 heterocycles. The van der Waals surface area contributed by atoms with Gasteiger partial charge in [-0.2, -0.15) is 0 Å². The number of nitrogens with zero attached hydrogens (tertiary/aromatic N) is 3. The molecule has 0 radical (unpaired) electrons. The number of pyridine rings is 1. The van der Waals surface area contributed by atoms with E-state index < -0.39 is 0 Å². The molecule has 3 aromatic rings. The van der Waals surface area contributed by atoms with Crippen LogP contribution in [0.3, 0.4) is 0 Å². The van der Waals surface area contributed by atoms with Gasteiger partial charge in [-0.1, -0.05) is 35.9 Å². The Labute approximate surface area is 159 Å². The molecule has 0 amide bonds. The summed E-state index contributed by atoms with van der Waals surface area (Å²) in [4.78, 5) is 6.70. The van der Waals surface area contributed by atoms with Crippen molar-refractivity contribution in [2.75, 3.05) is 32.8 Å². The van der Waals surface area contributed by atoms with E-state index in [0.29, 0.717) is 5.15 Å². The van der Waals surface area contributed by atoms with Crippen LogP contribution in [0.1, 0.15) is 17.5 Å². The minimum absolute atomic E-state index is 0.537. The first kappa shape index (κ1) is 17.5. The lowest BCUT2D eigenvalue weighted by molar-refractivity contribution is 0.0375. The summed E-state index contributed by atoms with van der Waals surface area (Å²) in [6, 6.07) is 12.6. The number of hydrogen-bond acceptors (Lipinski definition) is 3. The van der Waals surface area contributed by atoms with Crippen LogP contribution in [0.2, 0.25) is 5.15 Å². The third-order valence-corrected chi connectivity index (χ3v) is 5.26. The lowest BCUT2D eigenvalue weighted by Crippen LogP contribution is -2.36. The average Bonchev–Trinajstić information content (AvgIpc) is 3.02. The molecule has 1 saturated heterocycles. The standard InChI is InChI=1S/C21H24ClN3O/c22-21-8-7-17(14-23-21)15-25-16-18(19-5-1-2-6-20(19)25)4-3-9-24-10-12-26-13-11-24/h1-2,5-8,14,16H,3-4,9-13,15H2. The molecule has 0 atom stereocenters. The highest BCUT2D eigenvalue weighted by molar-refractivity contribution is 6.29. The third-order valence-electron chi connectivity index (χ3n) is 5.04. The number of hydrogen-bond donors (Lipinski definition) is 0. The average molecular weight is 370 g/mol. The first-order valence-electron chi connectivity index (χ1n) is 9.27. The molecule has 4 nitrogen and oxygen atoms in total. The molecule has 26 heavy (non-hydrogen) atoms. The van der Waals surface area contributed by atoms with Crippen LogP contribution in [-0.4, -0.2) is 47.3 Å². The second-order valence-corrected chi connectivity index (χ2v) is 7.23. The lowest BCUT2D eigenvalue weighted by atomic mass is 10.1. The van der Waals surface area contributed by atoms with Crippen molar-refractivity contribution in [1.29, 1.82) is 0 Å².